The van der Waals surface area contributed by atoms with Crippen LogP contribution in [0, 0.1) is 6.92 Å². The van der Waals surface area contributed by atoms with E-state index in [0.29, 0.717) is 23.0 Å². The number of benzene rings is 2. The summed E-state index contributed by atoms with van der Waals surface area (Å²) in [6.45, 7) is 1.67. The number of nitrogens with one attached hydrogen (secondary N) is 1. The van der Waals surface area contributed by atoms with Crippen LogP contribution in [0.15, 0.2) is 54.7 Å². The minimum atomic E-state index is -0.553. The quantitative estimate of drug-likeness (QED) is 0.405. The predicted molar refractivity (Wildman–Crippen MR) is 130 cm³/mol. The largest absolute Gasteiger partial charge is 0.497 e. The first kappa shape index (κ1) is 23.0. The highest BCUT2D eigenvalue weighted by molar-refractivity contribution is 5.95. The summed E-state index contributed by atoms with van der Waals surface area (Å²) in [6.07, 6.45) is 1.81. The smallest absolute Gasteiger partial charge is 0.272 e. The number of aromatic nitrogens is 5. The number of ether oxygens (including phenoxy) is 2. The average molecular weight is 486 g/mol. The monoisotopic (exact) mass is 485 g/mol. The number of nitrogens with zero attached hydrogens (tertiary/aromatic N) is 5. The fourth-order valence-corrected chi connectivity index (χ4v) is 4.23. The number of rotatable bonds is 7. The molecule has 0 unspecified atom stereocenters. The van der Waals surface area contributed by atoms with Gasteiger partial charge in [0.15, 0.2) is 6.61 Å². The molecule has 182 valence electrons. The van der Waals surface area contributed by atoms with Crippen LogP contribution in [0.5, 0.6) is 11.5 Å². The number of fused-ring (bicyclic) bond motifs is 1. The van der Waals surface area contributed by atoms with Gasteiger partial charge in [-0.05, 0) is 36.8 Å². The van der Waals surface area contributed by atoms with Crippen molar-refractivity contribution >= 4 is 17.6 Å². The molecule has 0 radical (unpaired) electrons. The third-order valence-electron chi connectivity index (χ3n) is 5.87. The van der Waals surface area contributed by atoms with E-state index in [-0.39, 0.29) is 30.8 Å². The molecule has 0 aliphatic carbocycles. The van der Waals surface area contributed by atoms with Crippen LogP contribution in [0.3, 0.4) is 0 Å². The molecule has 1 atom stereocenters. The molecule has 0 saturated heterocycles. The number of methoxy groups -OCH3 is 1. The van der Waals surface area contributed by atoms with Crippen LogP contribution in [-0.2, 0) is 9.59 Å². The van der Waals surface area contributed by atoms with Gasteiger partial charge >= 0.3 is 0 Å². The number of carbonyl (C=O) groups is 2. The Balaban J connectivity index is 1.51. The SMILES string of the molecule is COc1cccc(-c2cnnc(-n3nc(C)c4c3NC(=O)C[C@@H]4c3ccc(OCC(N)=O)cc3)n2)c1. The molecular formula is C25H23N7O4. The first-order valence-electron chi connectivity index (χ1n) is 11.2. The van der Waals surface area contributed by atoms with Gasteiger partial charge in [-0.25, -0.2) is 4.98 Å². The zero-order valence-corrected chi connectivity index (χ0v) is 19.6. The number of amides is 2. The van der Waals surface area contributed by atoms with Gasteiger partial charge in [0.05, 0.1) is 24.7 Å². The Kier molecular flexibility index (Phi) is 6.03. The highest BCUT2D eigenvalue weighted by atomic mass is 16.5. The van der Waals surface area contributed by atoms with Gasteiger partial charge in [0.1, 0.15) is 17.3 Å². The molecule has 2 aromatic carbocycles. The maximum absolute atomic E-state index is 12.7. The van der Waals surface area contributed by atoms with Crippen LogP contribution in [0.2, 0.25) is 0 Å². The lowest BCUT2D eigenvalue weighted by atomic mass is 9.86. The van der Waals surface area contributed by atoms with Crippen molar-refractivity contribution < 1.29 is 19.1 Å². The lowest BCUT2D eigenvalue weighted by molar-refractivity contribution is -0.120. The van der Waals surface area contributed by atoms with Gasteiger partial charge in [-0.1, -0.05) is 24.3 Å². The van der Waals surface area contributed by atoms with E-state index in [1.54, 1.807) is 25.4 Å². The number of hydrogen-bond acceptors (Lipinski definition) is 8. The van der Waals surface area contributed by atoms with Crippen LogP contribution < -0.4 is 20.5 Å². The van der Waals surface area contributed by atoms with E-state index in [0.717, 1.165) is 22.4 Å². The van der Waals surface area contributed by atoms with E-state index in [1.807, 2.05) is 43.3 Å². The topological polar surface area (TPSA) is 147 Å². The summed E-state index contributed by atoms with van der Waals surface area (Å²) in [5.41, 5.74) is 9.05. The molecule has 4 aromatic rings. The molecule has 11 nitrogen and oxygen atoms in total. The van der Waals surface area contributed by atoms with Crippen LogP contribution in [-0.4, -0.2) is 50.5 Å². The fourth-order valence-electron chi connectivity index (χ4n) is 4.23. The molecule has 3 N–H and O–H groups in total. The van der Waals surface area contributed by atoms with Gasteiger partial charge in [-0.15, -0.1) is 5.10 Å². The second-order valence-corrected chi connectivity index (χ2v) is 8.26. The van der Waals surface area contributed by atoms with Crippen LogP contribution >= 0.6 is 0 Å². The third kappa shape index (κ3) is 4.45. The van der Waals surface area contributed by atoms with Crippen molar-refractivity contribution in [2.45, 2.75) is 19.3 Å². The average Bonchev–Trinajstić information content (AvgIpc) is 3.23. The number of aryl methyl sites for hydroxylation is 1. The minimum Gasteiger partial charge on any atom is -0.497 e. The van der Waals surface area contributed by atoms with Crippen molar-refractivity contribution in [2.75, 3.05) is 19.0 Å². The van der Waals surface area contributed by atoms with E-state index in [1.165, 1.54) is 4.68 Å². The second-order valence-electron chi connectivity index (χ2n) is 8.26. The Morgan fingerprint density at radius 1 is 1.19 bits per heavy atom. The van der Waals surface area contributed by atoms with Crippen LogP contribution in [0.1, 0.15) is 29.2 Å². The van der Waals surface area contributed by atoms with Crippen LogP contribution in [0.4, 0.5) is 5.82 Å². The summed E-state index contributed by atoms with van der Waals surface area (Å²) < 4.78 is 12.2. The van der Waals surface area contributed by atoms with Crippen molar-refractivity contribution in [3.63, 3.8) is 0 Å². The molecular weight excluding hydrogens is 462 g/mol. The Labute approximate surface area is 206 Å². The predicted octanol–water partition coefficient (Wildman–Crippen LogP) is 2.38. The first-order chi connectivity index (χ1) is 17.4. The lowest BCUT2D eigenvalue weighted by Crippen LogP contribution is -2.25. The third-order valence-corrected chi connectivity index (χ3v) is 5.87. The molecule has 0 spiro atoms. The van der Waals surface area contributed by atoms with Crippen molar-refractivity contribution in [1.29, 1.82) is 0 Å². The highest BCUT2D eigenvalue weighted by Gasteiger charge is 2.33. The molecule has 2 aromatic heterocycles. The van der Waals surface area contributed by atoms with Crippen molar-refractivity contribution in [1.82, 2.24) is 25.0 Å². The molecule has 1 aliphatic rings. The standard InChI is InChI=1S/C25H23N7O4/c1-14-23-19(15-6-8-17(9-7-15)36-13-21(26)33)11-22(34)29-24(23)32(31-14)25-28-20(12-27-30-25)16-4-3-5-18(10-16)35-2/h3-10,12,19H,11,13H2,1-2H3,(H2,26,33)(H,29,34)/t19-/m1/s1. The van der Waals surface area contributed by atoms with Crippen molar-refractivity contribution in [2.24, 2.45) is 5.73 Å². The fraction of sp³-hybridized carbons (Fsp3) is 0.200. The summed E-state index contributed by atoms with van der Waals surface area (Å²) in [5, 5.41) is 15.9. The number of nitrogens with two attached hydrogens (primary N) is 1. The van der Waals surface area contributed by atoms with E-state index in [4.69, 9.17) is 15.2 Å². The maximum atomic E-state index is 12.7. The maximum Gasteiger partial charge on any atom is 0.272 e. The van der Waals surface area contributed by atoms with Gasteiger partial charge in [-0.3, -0.25) is 9.59 Å². The number of primary amides is 1. The number of carbonyl (C=O) groups excluding carboxylic acids is 2. The van der Waals surface area contributed by atoms with E-state index in [2.05, 4.69) is 25.6 Å². The molecule has 2 amide bonds. The molecule has 3 heterocycles. The Morgan fingerprint density at radius 2 is 2.00 bits per heavy atom. The highest BCUT2D eigenvalue weighted by Crippen LogP contribution is 2.40. The molecule has 1 aliphatic heterocycles. The summed E-state index contributed by atoms with van der Waals surface area (Å²) in [4.78, 5) is 28.3. The van der Waals surface area contributed by atoms with Gasteiger partial charge in [0.25, 0.3) is 11.9 Å². The van der Waals surface area contributed by atoms with Gasteiger partial charge in [-0.2, -0.15) is 14.9 Å². The van der Waals surface area contributed by atoms with E-state index >= 15 is 0 Å². The second kappa shape index (κ2) is 9.45. The van der Waals surface area contributed by atoms with Gasteiger partial charge < -0.3 is 20.5 Å². The number of hydrogen-bond donors (Lipinski definition) is 2. The van der Waals surface area contributed by atoms with E-state index < -0.39 is 5.91 Å². The number of anilines is 1. The Bertz CT molecular complexity index is 1450. The van der Waals surface area contributed by atoms with Gasteiger partial charge in [0, 0.05) is 23.5 Å². The van der Waals surface area contributed by atoms with E-state index in [9.17, 15) is 9.59 Å². The minimum absolute atomic E-state index is 0.153. The molecule has 0 bridgehead atoms. The zero-order valence-electron chi connectivity index (χ0n) is 19.6. The zero-order chi connectivity index (χ0) is 25.2. The normalized spacial score (nSPS) is 14.6. The first-order valence-corrected chi connectivity index (χ1v) is 11.2. The Morgan fingerprint density at radius 3 is 2.75 bits per heavy atom. The summed E-state index contributed by atoms with van der Waals surface area (Å²) in [7, 11) is 1.60. The van der Waals surface area contributed by atoms with Crippen molar-refractivity contribution in [3.8, 4) is 28.7 Å². The van der Waals surface area contributed by atoms with Crippen molar-refractivity contribution in [3.05, 3.63) is 71.5 Å². The molecule has 0 saturated carbocycles. The summed E-state index contributed by atoms with van der Waals surface area (Å²) in [5.74, 6) is 1.01. The van der Waals surface area contributed by atoms with Gasteiger partial charge in [0.2, 0.25) is 5.91 Å². The summed E-state index contributed by atoms with van der Waals surface area (Å²) >= 11 is 0. The molecule has 0 fully saturated rings. The molecule has 36 heavy (non-hydrogen) atoms. The summed E-state index contributed by atoms with van der Waals surface area (Å²) in [6, 6.07) is 14.7. The lowest BCUT2D eigenvalue weighted by Gasteiger charge is -2.24. The molecule has 11 heteroatoms. The Hall–Kier alpha value is -4.80. The molecule has 5 rings (SSSR count). The van der Waals surface area contributed by atoms with Crippen LogP contribution in [0.25, 0.3) is 17.2 Å².